The van der Waals surface area contributed by atoms with Crippen LogP contribution < -0.4 is 5.32 Å². The van der Waals surface area contributed by atoms with E-state index >= 15 is 0 Å². The third-order valence-electron chi connectivity index (χ3n) is 1.98. The van der Waals surface area contributed by atoms with Crippen LogP contribution in [0, 0.1) is 0 Å². The number of hydrogen-bond acceptors (Lipinski definition) is 4. The van der Waals surface area contributed by atoms with Crippen molar-refractivity contribution in [2.75, 3.05) is 5.32 Å². The average Bonchev–Trinajstić information content (AvgIpc) is 2.62. The largest absolute Gasteiger partial charge is 0.375 e. The van der Waals surface area contributed by atoms with Crippen LogP contribution in [0.2, 0.25) is 15.1 Å². The lowest BCUT2D eigenvalue weighted by atomic mass is 10.3. The Morgan fingerprint density at radius 1 is 1.24 bits per heavy atom. The Bertz CT molecular complexity index is 516. The minimum atomic E-state index is 0.384. The summed E-state index contributed by atoms with van der Waals surface area (Å²) in [6.07, 6.45) is 0. The van der Waals surface area contributed by atoms with Crippen LogP contribution in [0.5, 0.6) is 0 Å². The Kier molecular flexibility index (Phi) is 3.71. The van der Waals surface area contributed by atoms with Crippen LogP contribution in [0.15, 0.2) is 12.1 Å². The van der Waals surface area contributed by atoms with Gasteiger partial charge in [-0.25, -0.2) is 0 Å². The lowest BCUT2D eigenvalue weighted by molar-refractivity contribution is 0.628. The van der Waals surface area contributed by atoms with Crippen LogP contribution in [0.25, 0.3) is 0 Å². The predicted octanol–water partition coefficient (Wildman–Crippen LogP) is 2.78. The summed E-state index contributed by atoms with van der Waals surface area (Å²) in [6.45, 7) is 0.384. The number of halogens is 3. The van der Waals surface area contributed by atoms with Gasteiger partial charge in [-0.2, -0.15) is 4.80 Å². The number of nitrogens with zero attached hydrogens (tertiary/aromatic N) is 4. The molecule has 0 aliphatic carbocycles. The first-order valence-electron chi connectivity index (χ1n) is 4.67. The van der Waals surface area contributed by atoms with Crippen LogP contribution in [0.3, 0.4) is 0 Å². The standard InChI is InChI=1S/C9H8Cl3N5/c1-17-15-8(14-16-17)4-13-9-6(11)2-5(10)3-7(9)12/h2-3,13H,4H2,1H3. The van der Waals surface area contributed by atoms with Gasteiger partial charge in [0.2, 0.25) is 0 Å². The molecule has 0 saturated heterocycles. The molecule has 0 amide bonds. The van der Waals surface area contributed by atoms with E-state index in [9.17, 15) is 0 Å². The summed E-state index contributed by atoms with van der Waals surface area (Å²) in [7, 11) is 1.69. The van der Waals surface area contributed by atoms with Crippen LogP contribution in [0.4, 0.5) is 5.69 Å². The Hall–Kier alpha value is -1.04. The first-order valence-corrected chi connectivity index (χ1v) is 5.81. The Balaban J connectivity index is 2.14. The summed E-state index contributed by atoms with van der Waals surface area (Å²) in [4.78, 5) is 1.38. The van der Waals surface area contributed by atoms with E-state index in [2.05, 4.69) is 20.7 Å². The van der Waals surface area contributed by atoms with E-state index in [1.165, 1.54) is 4.80 Å². The fraction of sp³-hybridized carbons (Fsp3) is 0.222. The molecular weight excluding hydrogens is 284 g/mol. The van der Waals surface area contributed by atoms with Crippen molar-refractivity contribution < 1.29 is 0 Å². The maximum atomic E-state index is 6.01. The van der Waals surface area contributed by atoms with Crippen LogP contribution in [0.1, 0.15) is 5.82 Å². The van der Waals surface area contributed by atoms with Gasteiger partial charge in [0, 0.05) is 5.02 Å². The highest BCUT2D eigenvalue weighted by atomic mass is 35.5. The van der Waals surface area contributed by atoms with Gasteiger partial charge in [-0.05, 0) is 17.3 Å². The lowest BCUT2D eigenvalue weighted by Crippen LogP contribution is -2.03. The van der Waals surface area contributed by atoms with Crippen molar-refractivity contribution >= 4 is 40.5 Å². The number of tetrazole rings is 1. The average molecular weight is 293 g/mol. The number of nitrogens with one attached hydrogen (secondary N) is 1. The lowest BCUT2D eigenvalue weighted by Gasteiger charge is -2.08. The second-order valence-corrected chi connectivity index (χ2v) is 4.54. The van der Waals surface area contributed by atoms with Gasteiger partial charge >= 0.3 is 0 Å². The smallest absolute Gasteiger partial charge is 0.193 e. The first kappa shape index (κ1) is 12.4. The first-order chi connectivity index (χ1) is 8.06. The van der Waals surface area contributed by atoms with Gasteiger partial charge in [-0.3, -0.25) is 0 Å². The van der Waals surface area contributed by atoms with Gasteiger partial charge in [0.05, 0.1) is 29.3 Å². The highest BCUT2D eigenvalue weighted by Gasteiger charge is 2.08. The fourth-order valence-electron chi connectivity index (χ4n) is 1.27. The monoisotopic (exact) mass is 291 g/mol. The fourth-order valence-corrected chi connectivity index (χ4v) is 2.22. The molecule has 1 N–H and O–H groups in total. The van der Waals surface area contributed by atoms with E-state index in [1.54, 1.807) is 19.2 Å². The van der Waals surface area contributed by atoms with Gasteiger partial charge in [0.15, 0.2) is 5.82 Å². The summed E-state index contributed by atoms with van der Waals surface area (Å²) in [6, 6.07) is 3.23. The van der Waals surface area contributed by atoms with E-state index < -0.39 is 0 Å². The number of rotatable bonds is 3. The second-order valence-electron chi connectivity index (χ2n) is 3.29. The van der Waals surface area contributed by atoms with E-state index in [0.29, 0.717) is 33.1 Å². The molecule has 0 saturated carbocycles. The molecule has 5 nitrogen and oxygen atoms in total. The SMILES string of the molecule is Cn1nnc(CNc2c(Cl)cc(Cl)cc2Cl)n1. The maximum Gasteiger partial charge on any atom is 0.193 e. The van der Waals surface area contributed by atoms with Crippen LogP contribution >= 0.6 is 34.8 Å². The molecule has 90 valence electrons. The quantitative estimate of drug-likeness (QED) is 0.945. The van der Waals surface area contributed by atoms with Crippen molar-refractivity contribution in [2.24, 2.45) is 7.05 Å². The molecule has 0 atom stereocenters. The van der Waals surface area contributed by atoms with Crippen molar-refractivity contribution in [3.63, 3.8) is 0 Å². The molecule has 0 fully saturated rings. The van der Waals surface area contributed by atoms with Crippen molar-refractivity contribution in [3.8, 4) is 0 Å². The molecule has 1 aromatic heterocycles. The van der Waals surface area contributed by atoms with Crippen molar-refractivity contribution in [1.82, 2.24) is 20.2 Å². The zero-order valence-corrected chi connectivity index (χ0v) is 11.1. The maximum absolute atomic E-state index is 6.01. The summed E-state index contributed by atoms with van der Waals surface area (Å²) in [5, 5.41) is 16.0. The Morgan fingerprint density at radius 3 is 2.41 bits per heavy atom. The molecule has 2 aromatic rings. The van der Waals surface area contributed by atoms with Gasteiger partial charge < -0.3 is 5.32 Å². The summed E-state index contributed by atoms with van der Waals surface area (Å²) < 4.78 is 0. The molecule has 1 aromatic carbocycles. The minimum absolute atomic E-state index is 0.384. The Morgan fingerprint density at radius 2 is 1.88 bits per heavy atom. The number of hydrogen-bond donors (Lipinski definition) is 1. The Labute approximate surface area is 113 Å². The number of benzene rings is 1. The molecule has 2 rings (SSSR count). The molecule has 0 unspecified atom stereocenters. The van der Waals surface area contributed by atoms with Crippen molar-refractivity contribution in [2.45, 2.75) is 6.54 Å². The third-order valence-corrected chi connectivity index (χ3v) is 2.79. The predicted molar refractivity (Wildman–Crippen MR) is 67.6 cm³/mol. The molecule has 17 heavy (non-hydrogen) atoms. The normalized spacial score (nSPS) is 10.6. The summed E-state index contributed by atoms with van der Waals surface area (Å²) in [5.74, 6) is 0.551. The molecular formula is C9H8Cl3N5. The highest BCUT2D eigenvalue weighted by molar-refractivity contribution is 6.41. The minimum Gasteiger partial charge on any atom is -0.375 e. The number of aryl methyl sites for hydroxylation is 1. The zero-order valence-electron chi connectivity index (χ0n) is 8.78. The van der Waals surface area contributed by atoms with E-state index in [0.717, 1.165) is 0 Å². The van der Waals surface area contributed by atoms with Crippen molar-refractivity contribution in [1.29, 1.82) is 0 Å². The van der Waals surface area contributed by atoms with Crippen LogP contribution in [-0.2, 0) is 13.6 Å². The van der Waals surface area contributed by atoms with E-state index in [1.807, 2.05) is 0 Å². The van der Waals surface area contributed by atoms with Gasteiger partial charge in [0.25, 0.3) is 0 Å². The van der Waals surface area contributed by atoms with Gasteiger partial charge in [0.1, 0.15) is 0 Å². The molecule has 0 spiro atoms. The van der Waals surface area contributed by atoms with Gasteiger partial charge in [-0.15, -0.1) is 10.2 Å². The van der Waals surface area contributed by atoms with E-state index in [-0.39, 0.29) is 0 Å². The zero-order chi connectivity index (χ0) is 12.4. The summed E-state index contributed by atoms with van der Waals surface area (Å²) >= 11 is 17.8. The number of anilines is 1. The molecule has 0 radical (unpaired) electrons. The molecule has 0 aliphatic heterocycles. The third kappa shape index (κ3) is 3.00. The topological polar surface area (TPSA) is 55.6 Å². The molecule has 1 heterocycles. The second kappa shape index (κ2) is 5.08. The number of aromatic nitrogens is 4. The van der Waals surface area contributed by atoms with Gasteiger partial charge in [-0.1, -0.05) is 34.8 Å². The van der Waals surface area contributed by atoms with E-state index in [4.69, 9.17) is 34.8 Å². The highest BCUT2D eigenvalue weighted by Crippen LogP contribution is 2.33. The van der Waals surface area contributed by atoms with Crippen molar-refractivity contribution in [3.05, 3.63) is 33.0 Å². The molecule has 8 heteroatoms. The summed E-state index contributed by atoms with van der Waals surface area (Å²) in [5.41, 5.74) is 0.602. The molecule has 0 aliphatic rings. The molecule has 0 bridgehead atoms. The van der Waals surface area contributed by atoms with Crippen LogP contribution in [-0.4, -0.2) is 20.2 Å².